The predicted octanol–water partition coefficient (Wildman–Crippen LogP) is 1.69. The lowest BCUT2D eigenvalue weighted by atomic mass is 10.1. The molecule has 1 aromatic carbocycles. The summed E-state index contributed by atoms with van der Waals surface area (Å²) < 4.78 is 4.88. The Morgan fingerprint density at radius 1 is 1.24 bits per heavy atom. The van der Waals surface area contributed by atoms with E-state index < -0.39 is 16.7 Å². The third-order valence-electron chi connectivity index (χ3n) is 3.16. The Hall–Kier alpha value is -3.03. The summed E-state index contributed by atoms with van der Waals surface area (Å²) in [7, 11) is 0. The molecule has 0 N–H and O–H groups in total. The molecule has 1 aliphatic rings. The van der Waals surface area contributed by atoms with E-state index in [1.807, 2.05) is 0 Å². The van der Waals surface area contributed by atoms with Gasteiger partial charge in [-0.25, -0.2) is 0 Å². The number of aryl methyl sites for hydroxylation is 1. The van der Waals surface area contributed by atoms with Crippen LogP contribution >= 0.6 is 0 Å². The van der Waals surface area contributed by atoms with Gasteiger partial charge in [-0.15, -0.1) is 0 Å². The Kier molecular flexibility index (Phi) is 2.79. The molecule has 0 atom stereocenters. The number of nitrogens with zero attached hydrogens (tertiary/aromatic N) is 3. The second-order valence-corrected chi connectivity index (χ2v) is 4.61. The van der Waals surface area contributed by atoms with Gasteiger partial charge in [0, 0.05) is 18.2 Å². The van der Waals surface area contributed by atoms with Gasteiger partial charge in [0.05, 0.1) is 22.6 Å². The van der Waals surface area contributed by atoms with Gasteiger partial charge >= 0.3 is 0 Å². The monoisotopic (exact) mass is 287 g/mol. The van der Waals surface area contributed by atoms with Crippen molar-refractivity contribution in [2.45, 2.75) is 13.5 Å². The second-order valence-electron chi connectivity index (χ2n) is 4.61. The molecule has 1 aromatic heterocycles. The summed E-state index contributed by atoms with van der Waals surface area (Å²) in [6.07, 6.45) is 0. The number of nitro benzene ring substituents is 1. The van der Waals surface area contributed by atoms with Gasteiger partial charge in [0.25, 0.3) is 17.5 Å². The molecule has 2 amide bonds. The fraction of sp³-hybridized carbons (Fsp3) is 0.154. The number of carbonyl (C=O) groups is 2. The standard InChI is InChI=1S/C13H9N3O5/c1-7-4-8(14-21-7)6-15-12(17)10-3-2-9(16(19)20)5-11(10)13(15)18/h2-5H,6H2,1H3. The number of hydrogen-bond donors (Lipinski definition) is 0. The van der Waals surface area contributed by atoms with E-state index in [9.17, 15) is 19.7 Å². The Morgan fingerprint density at radius 2 is 1.95 bits per heavy atom. The van der Waals surface area contributed by atoms with Crippen molar-refractivity contribution in [3.63, 3.8) is 0 Å². The molecule has 0 unspecified atom stereocenters. The zero-order valence-corrected chi connectivity index (χ0v) is 10.9. The fourth-order valence-electron chi connectivity index (χ4n) is 2.19. The van der Waals surface area contributed by atoms with Gasteiger partial charge in [-0.2, -0.15) is 0 Å². The molecular weight excluding hydrogens is 278 g/mol. The predicted molar refractivity (Wildman–Crippen MR) is 68.5 cm³/mol. The average molecular weight is 287 g/mol. The number of nitro groups is 1. The van der Waals surface area contributed by atoms with Crippen LogP contribution in [0.5, 0.6) is 0 Å². The number of rotatable bonds is 3. The van der Waals surface area contributed by atoms with Crippen LogP contribution in [0.4, 0.5) is 5.69 Å². The minimum atomic E-state index is -0.609. The zero-order valence-electron chi connectivity index (χ0n) is 10.9. The lowest BCUT2D eigenvalue weighted by Crippen LogP contribution is -2.29. The van der Waals surface area contributed by atoms with Crippen LogP contribution in [0, 0.1) is 17.0 Å². The maximum atomic E-state index is 12.2. The third kappa shape index (κ3) is 2.06. The summed E-state index contributed by atoms with van der Waals surface area (Å²) in [6, 6.07) is 5.23. The smallest absolute Gasteiger partial charge is 0.270 e. The SMILES string of the molecule is Cc1cc(CN2C(=O)c3ccc([N+](=O)[O-])cc3C2=O)no1. The molecule has 0 aliphatic carbocycles. The number of benzene rings is 1. The minimum absolute atomic E-state index is 0.0303. The van der Waals surface area contributed by atoms with Crippen molar-refractivity contribution in [1.82, 2.24) is 10.1 Å². The molecule has 8 heteroatoms. The Labute approximate surface area is 118 Å². The Balaban J connectivity index is 1.94. The summed E-state index contributed by atoms with van der Waals surface area (Å²) in [5.74, 6) is -0.498. The number of amides is 2. The molecule has 0 saturated carbocycles. The largest absolute Gasteiger partial charge is 0.361 e. The number of carbonyl (C=O) groups excluding carboxylic acids is 2. The highest BCUT2D eigenvalue weighted by atomic mass is 16.6. The van der Waals surface area contributed by atoms with Crippen molar-refractivity contribution in [3.8, 4) is 0 Å². The topological polar surface area (TPSA) is 107 Å². The van der Waals surface area contributed by atoms with Crippen molar-refractivity contribution in [2.24, 2.45) is 0 Å². The Morgan fingerprint density at radius 3 is 2.57 bits per heavy atom. The maximum absolute atomic E-state index is 12.2. The summed E-state index contributed by atoms with van der Waals surface area (Å²) in [6.45, 7) is 1.67. The molecule has 0 fully saturated rings. The van der Waals surface area contributed by atoms with E-state index in [2.05, 4.69) is 5.16 Å². The first-order valence-electron chi connectivity index (χ1n) is 6.04. The van der Waals surface area contributed by atoms with Crippen molar-refractivity contribution >= 4 is 17.5 Å². The minimum Gasteiger partial charge on any atom is -0.361 e. The van der Waals surface area contributed by atoms with E-state index in [1.165, 1.54) is 12.1 Å². The number of non-ortho nitro benzene ring substituents is 1. The molecule has 2 aromatic rings. The van der Waals surface area contributed by atoms with E-state index >= 15 is 0 Å². The van der Waals surface area contributed by atoms with E-state index in [1.54, 1.807) is 13.0 Å². The second kappa shape index (κ2) is 4.51. The quantitative estimate of drug-likeness (QED) is 0.483. The number of aromatic nitrogens is 1. The van der Waals surface area contributed by atoms with Gasteiger partial charge in [0.15, 0.2) is 0 Å². The number of imide groups is 1. The Bertz CT molecular complexity index is 780. The zero-order chi connectivity index (χ0) is 15.1. The molecular formula is C13H9N3O5. The van der Waals surface area contributed by atoms with Crippen molar-refractivity contribution in [3.05, 3.63) is 57.0 Å². The van der Waals surface area contributed by atoms with Gasteiger partial charge < -0.3 is 4.52 Å². The van der Waals surface area contributed by atoms with Crippen LogP contribution < -0.4 is 0 Å². The third-order valence-corrected chi connectivity index (χ3v) is 3.16. The summed E-state index contributed by atoms with van der Waals surface area (Å²) >= 11 is 0. The molecule has 0 bridgehead atoms. The van der Waals surface area contributed by atoms with Crippen LogP contribution in [0.25, 0.3) is 0 Å². The first-order chi connectivity index (χ1) is 9.97. The summed E-state index contributed by atoms with van der Waals surface area (Å²) in [4.78, 5) is 35.5. The van der Waals surface area contributed by atoms with Gasteiger partial charge in [-0.3, -0.25) is 24.6 Å². The van der Waals surface area contributed by atoms with Crippen molar-refractivity contribution in [1.29, 1.82) is 0 Å². The van der Waals surface area contributed by atoms with Crippen molar-refractivity contribution < 1.29 is 19.0 Å². The van der Waals surface area contributed by atoms with Gasteiger partial charge in [0.1, 0.15) is 11.5 Å². The van der Waals surface area contributed by atoms with Gasteiger partial charge in [-0.1, -0.05) is 5.16 Å². The van der Waals surface area contributed by atoms with Gasteiger partial charge in [0.2, 0.25) is 0 Å². The van der Waals surface area contributed by atoms with Crippen LogP contribution in [-0.2, 0) is 6.54 Å². The highest BCUT2D eigenvalue weighted by Gasteiger charge is 2.37. The van der Waals surface area contributed by atoms with Gasteiger partial charge in [-0.05, 0) is 13.0 Å². The van der Waals surface area contributed by atoms with Crippen LogP contribution in [0.1, 0.15) is 32.2 Å². The first-order valence-corrected chi connectivity index (χ1v) is 6.04. The number of fused-ring (bicyclic) bond motifs is 1. The van der Waals surface area contributed by atoms with Crippen LogP contribution in [0.2, 0.25) is 0 Å². The van der Waals surface area contributed by atoms with Crippen LogP contribution in [0.3, 0.4) is 0 Å². The molecule has 1 aliphatic heterocycles. The fourth-order valence-corrected chi connectivity index (χ4v) is 2.19. The molecule has 0 spiro atoms. The van der Waals surface area contributed by atoms with Crippen LogP contribution in [-0.4, -0.2) is 26.8 Å². The first kappa shape index (κ1) is 13.0. The van der Waals surface area contributed by atoms with E-state index in [-0.39, 0.29) is 23.4 Å². The molecule has 0 radical (unpaired) electrons. The maximum Gasteiger partial charge on any atom is 0.270 e. The molecule has 0 saturated heterocycles. The summed E-state index contributed by atoms with van der Waals surface area (Å²) in [5, 5.41) is 14.5. The van der Waals surface area contributed by atoms with E-state index in [4.69, 9.17) is 4.52 Å². The molecule has 3 rings (SSSR count). The lowest BCUT2D eigenvalue weighted by molar-refractivity contribution is -0.384. The summed E-state index contributed by atoms with van der Waals surface area (Å²) in [5.41, 5.74) is 0.408. The van der Waals surface area contributed by atoms with E-state index in [0.29, 0.717) is 11.5 Å². The highest BCUT2D eigenvalue weighted by molar-refractivity contribution is 6.21. The van der Waals surface area contributed by atoms with E-state index in [0.717, 1.165) is 11.0 Å². The lowest BCUT2D eigenvalue weighted by Gasteiger charge is -2.10. The normalized spacial score (nSPS) is 13.7. The average Bonchev–Trinajstić information content (AvgIpc) is 2.96. The molecule has 2 heterocycles. The van der Waals surface area contributed by atoms with Crippen LogP contribution in [0.15, 0.2) is 28.8 Å². The molecule has 21 heavy (non-hydrogen) atoms. The molecule has 8 nitrogen and oxygen atoms in total. The van der Waals surface area contributed by atoms with Crippen molar-refractivity contribution in [2.75, 3.05) is 0 Å². The highest BCUT2D eigenvalue weighted by Crippen LogP contribution is 2.27. The molecule has 106 valence electrons. The number of hydrogen-bond acceptors (Lipinski definition) is 6.